The molecule has 140 valence electrons. The van der Waals surface area contributed by atoms with Crippen molar-refractivity contribution in [3.8, 4) is 0 Å². The molecular formula is C17H18Cl2N2O3S2. The molecule has 0 aliphatic carbocycles. The van der Waals surface area contributed by atoms with Crippen molar-refractivity contribution in [3.05, 3.63) is 52.0 Å². The topological polar surface area (TPSA) is 66.5 Å². The highest BCUT2D eigenvalue weighted by Crippen LogP contribution is 2.33. The van der Waals surface area contributed by atoms with Crippen LogP contribution in [0.25, 0.3) is 0 Å². The Morgan fingerprint density at radius 3 is 2.35 bits per heavy atom. The van der Waals surface area contributed by atoms with E-state index in [0.717, 1.165) is 4.31 Å². The molecule has 0 aromatic heterocycles. The molecule has 2 aromatic rings. The first-order valence-corrected chi connectivity index (χ1v) is 10.7. The van der Waals surface area contributed by atoms with Crippen LogP contribution in [0.2, 0.25) is 10.0 Å². The van der Waals surface area contributed by atoms with Gasteiger partial charge in [0.25, 0.3) is 0 Å². The lowest BCUT2D eigenvalue weighted by molar-refractivity contribution is -0.113. The number of amides is 1. The molecule has 0 aliphatic heterocycles. The molecule has 1 N–H and O–H groups in total. The maximum atomic E-state index is 12.4. The zero-order chi connectivity index (χ0) is 19.5. The number of hydrogen-bond acceptors (Lipinski definition) is 4. The number of nitrogens with zero attached hydrogens (tertiary/aromatic N) is 1. The third-order valence-electron chi connectivity index (χ3n) is 3.50. The van der Waals surface area contributed by atoms with Gasteiger partial charge in [-0.2, -0.15) is 0 Å². The highest BCUT2D eigenvalue weighted by atomic mass is 35.5. The van der Waals surface area contributed by atoms with Gasteiger partial charge in [0.05, 0.1) is 20.7 Å². The molecule has 0 heterocycles. The molecule has 9 heteroatoms. The Morgan fingerprint density at radius 2 is 1.77 bits per heavy atom. The third-order valence-corrected chi connectivity index (χ3v) is 7.44. The summed E-state index contributed by atoms with van der Waals surface area (Å²) < 4.78 is 25.8. The number of thioether (sulfide) groups is 1. The molecule has 0 radical (unpaired) electrons. The van der Waals surface area contributed by atoms with Gasteiger partial charge in [0.2, 0.25) is 15.9 Å². The Kier molecular flexibility index (Phi) is 6.99. The number of anilines is 1. The number of rotatable bonds is 6. The highest BCUT2D eigenvalue weighted by molar-refractivity contribution is 8.00. The minimum absolute atomic E-state index is 0.0904. The summed E-state index contributed by atoms with van der Waals surface area (Å²) in [6.07, 6.45) is 0. The van der Waals surface area contributed by atoms with Gasteiger partial charge in [-0.15, -0.1) is 11.8 Å². The number of nitrogens with one attached hydrogen (secondary N) is 1. The number of halogens is 2. The molecule has 0 fully saturated rings. The summed E-state index contributed by atoms with van der Waals surface area (Å²) in [4.78, 5) is 13.0. The van der Waals surface area contributed by atoms with Crippen LogP contribution in [0.3, 0.4) is 0 Å². The summed E-state index contributed by atoms with van der Waals surface area (Å²) in [6, 6.07) is 9.90. The Balaban J connectivity index is 2.13. The number of carbonyl (C=O) groups is 1. The van der Waals surface area contributed by atoms with E-state index in [0.29, 0.717) is 26.2 Å². The van der Waals surface area contributed by atoms with E-state index < -0.39 is 10.0 Å². The molecule has 1 amide bonds. The van der Waals surface area contributed by atoms with Crippen LogP contribution in [0.15, 0.2) is 46.2 Å². The van der Waals surface area contributed by atoms with Crippen LogP contribution in [0.1, 0.15) is 5.56 Å². The van der Waals surface area contributed by atoms with Crippen LogP contribution in [0, 0.1) is 6.92 Å². The average Bonchev–Trinajstić information content (AvgIpc) is 2.56. The second-order valence-corrected chi connectivity index (χ2v) is 9.58. The van der Waals surface area contributed by atoms with Gasteiger partial charge in [-0.1, -0.05) is 35.3 Å². The van der Waals surface area contributed by atoms with Crippen LogP contribution < -0.4 is 5.32 Å². The fourth-order valence-electron chi connectivity index (χ4n) is 2.11. The van der Waals surface area contributed by atoms with Gasteiger partial charge < -0.3 is 5.32 Å². The van der Waals surface area contributed by atoms with E-state index in [1.54, 1.807) is 37.3 Å². The van der Waals surface area contributed by atoms with Gasteiger partial charge in [0.15, 0.2) is 0 Å². The predicted octanol–water partition coefficient (Wildman–Crippen LogP) is 4.28. The predicted molar refractivity (Wildman–Crippen MR) is 108 cm³/mol. The van der Waals surface area contributed by atoms with Crippen LogP contribution in [-0.2, 0) is 14.8 Å². The Hall–Kier alpha value is -1.25. The quantitative estimate of drug-likeness (QED) is 0.691. The maximum absolute atomic E-state index is 12.4. The van der Waals surface area contributed by atoms with Crippen LogP contribution in [0.4, 0.5) is 5.69 Å². The van der Waals surface area contributed by atoms with Crippen molar-refractivity contribution in [2.45, 2.75) is 16.7 Å². The molecule has 2 rings (SSSR count). The summed E-state index contributed by atoms with van der Waals surface area (Å²) in [6.45, 7) is 1.71. The van der Waals surface area contributed by atoms with E-state index >= 15 is 0 Å². The number of aryl methyl sites for hydroxylation is 1. The van der Waals surface area contributed by atoms with Crippen molar-refractivity contribution in [3.63, 3.8) is 0 Å². The summed E-state index contributed by atoms with van der Waals surface area (Å²) in [5.41, 5.74) is 1.01. The van der Waals surface area contributed by atoms with E-state index in [2.05, 4.69) is 5.32 Å². The average molecular weight is 433 g/mol. The van der Waals surface area contributed by atoms with E-state index in [9.17, 15) is 13.2 Å². The van der Waals surface area contributed by atoms with Crippen molar-refractivity contribution in [1.82, 2.24) is 4.31 Å². The van der Waals surface area contributed by atoms with Gasteiger partial charge in [-0.3, -0.25) is 4.79 Å². The monoisotopic (exact) mass is 432 g/mol. The molecule has 0 unspecified atom stereocenters. The van der Waals surface area contributed by atoms with Crippen LogP contribution in [0.5, 0.6) is 0 Å². The van der Waals surface area contributed by atoms with Gasteiger partial charge >= 0.3 is 0 Å². The fourth-order valence-corrected chi connectivity index (χ4v) is 4.74. The van der Waals surface area contributed by atoms with Crippen molar-refractivity contribution >= 4 is 56.6 Å². The lowest BCUT2D eigenvalue weighted by atomic mass is 10.2. The second kappa shape index (κ2) is 8.63. The van der Waals surface area contributed by atoms with E-state index in [1.165, 1.54) is 31.9 Å². The van der Waals surface area contributed by atoms with Crippen LogP contribution >= 0.6 is 35.0 Å². The lowest BCUT2D eigenvalue weighted by Crippen LogP contribution is -2.23. The molecule has 5 nitrogen and oxygen atoms in total. The van der Waals surface area contributed by atoms with E-state index in [4.69, 9.17) is 23.2 Å². The fraction of sp³-hybridized carbons (Fsp3) is 0.235. The van der Waals surface area contributed by atoms with Crippen molar-refractivity contribution in [2.75, 3.05) is 25.2 Å². The Morgan fingerprint density at radius 1 is 1.15 bits per heavy atom. The molecule has 0 saturated heterocycles. The van der Waals surface area contributed by atoms with Crippen LogP contribution in [-0.4, -0.2) is 38.5 Å². The van der Waals surface area contributed by atoms with Gasteiger partial charge in [0, 0.05) is 24.7 Å². The molecule has 0 atom stereocenters. The second-order valence-electron chi connectivity index (χ2n) is 5.66. The zero-order valence-corrected chi connectivity index (χ0v) is 17.6. The lowest BCUT2D eigenvalue weighted by Gasteiger charge is -2.15. The van der Waals surface area contributed by atoms with E-state index in [-0.39, 0.29) is 16.6 Å². The van der Waals surface area contributed by atoms with Crippen molar-refractivity contribution in [1.29, 1.82) is 0 Å². The SMILES string of the molecule is Cc1ccc(NC(=O)CSc2c(Cl)cccc2Cl)cc1S(=O)(=O)N(C)C. The van der Waals surface area contributed by atoms with Crippen molar-refractivity contribution in [2.24, 2.45) is 0 Å². The maximum Gasteiger partial charge on any atom is 0.242 e. The Labute approximate surface area is 167 Å². The first-order chi connectivity index (χ1) is 12.1. The van der Waals surface area contributed by atoms with Gasteiger partial charge in [-0.05, 0) is 36.8 Å². The zero-order valence-electron chi connectivity index (χ0n) is 14.4. The van der Waals surface area contributed by atoms with Crippen molar-refractivity contribution < 1.29 is 13.2 Å². The molecule has 0 bridgehead atoms. The first-order valence-electron chi connectivity index (χ1n) is 7.52. The summed E-state index contributed by atoms with van der Waals surface area (Å²) in [5.74, 6) is -0.198. The normalized spacial score (nSPS) is 11.6. The highest BCUT2D eigenvalue weighted by Gasteiger charge is 2.20. The number of carbonyl (C=O) groups excluding carboxylic acids is 1. The number of hydrogen-bond donors (Lipinski definition) is 1. The van der Waals surface area contributed by atoms with E-state index in [1.807, 2.05) is 0 Å². The summed E-state index contributed by atoms with van der Waals surface area (Å²) >= 11 is 13.4. The smallest absolute Gasteiger partial charge is 0.242 e. The number of sulfonamides is 1. The molecule has 0 saturated carbocycles. The Bertz CT molecular complexity index is 911. The summed E-state index contributed by atoms with van der Waals surface area (Å²) in [5, 5.41) is 3.65. The third kappa shape index (κ3) is 4.92. The minimum Gasteiger partial charge on any atom is -0.325 e. The molecule has 26 heavy (non-hydrogen) atoms. The molecule has 0 aliphatic rings. The molecule has 0 spiro atoms. The summed E-state index contributed by atoms with van der Waals surface area (Å²) in [7, 11) is -0.666. The standard InChI is InChI=1S/C17H18Cl2N2O3S2/c1-11-7-8-12(9-15(11)26(23,24)21(2)3)20-16(22)10-25-17-13(18)5-4-6-14(17)19/h4-9H,10H2,1-3H3,(H,20,22). The largest absolute Gasteiger partial charge is 0.325 e. The molecular weight excluding hydrogens is 415 g/mol. The minimum atomic E-state index is -3.59. The first kappa shape index (κ1) is 21.1. The number of benzene rings is 2. The molecule has 2 aromatic carbocycles. The van der Waals surface area contributed by atoms with Gasteiger partial charge in [-0.25, -0.2) is 12.7 Å². The van der Waals surface area contributed by atoms with Gasteiger partial charge in [0.1, 0.15) is 0 Å².